The van der Waals surface area contributed by atoms with Crippen molar-refractivity contribution in [1.29, 1.82) is 0 Å². The smallest absolute Gasteiger partial charge is 0.326 e. The summed E-state index contributed by atoms with van der Waals surface area (Å²) in [5.74, 6) is -1.29. The average molecular weight is 429 g/mol. The Balaban J connectivity index is 1.92. The Morgan fingerprint density at radius 3 is 2.37 bits per heavy atom. The van der Waals surface area contributed by atoms with Crippen molar-refractivity contribution in [3.8, 4) is 5.69 Å². The Kier molecular flexibility index (Phi) is 5.76. The number of carbonyl (C=O) groups excluding carboxylic acids is 3. The van der Waals surface area contributed by atoms with Crippen molar-refractivity contribution in [1.82, 2.24) is 14.3 Å². The quantitative estimate of drug-likeness (QED) is 0.548. The van der Waals surface area contributed by atoms with E-state index in [0.717, 1.165) is 4.90 Å². The first-order chi connectivity index (χ1) is 14.0. The number of amides is 2. The van der Waals surface area contributed by atoms with E-state index in [1.807, 2.05) is 18.2 Å². The van der Waals surface area contributed by atoms with Gasteiger partial charge < -0.3 is 4.74 Å². The molecule has 1 aromatic heterocycles. The van der Waals surface area contributed by atoms with Crippen molar-refractivity contribution in [2.24, 2.45) is 7.05 Å². The molecular weight excluding hydrogens is 406 g/mol. The molecule has 0 bridgehead atoms. The molecular formula is C21H23N3O5S. The molecule has 3 rings (SSSR count). The highest BCUT2D eigenvalue weighted by atomic mass is 32.2. The van der Waals surface area contributed by atoms with Crippen molar-refractivity contribution < 1.29 is 19.1 Å². The van der Waals surface area contributed by atoms with Crippen LogP contribution in [0.15, 0.2) is 40.0 Å². The monoisotopic (exact) mass is 429 g/mol. The van der Waals surface area contributed by atoms with E-state index in [9.17, 15) is 19.2 Å². The number of rotatable bonds is 4. The number of carbonyl (C=O) groups is 3. The van der Waals surface area contributed by atoms with Crippen LogP contribution >= 0.6 is 11.8 Å². The first-order valence-electron chi connectivity index (χ1n) is 9.31. The fourth-order valence-electron chi connectivity index (χ4n) is 3.03. The second kappa shape index (κ2) is 7.98. The molecule has 1 aliphatic rings. The Hall–Kier alpha value is -3.07. The van der Waals surface area contributed by atoms with Gasteiger partial charge in [0.25, 0.3) is 16.7 Å². The maximum absolute atomic E-state index is 13.0. The van der Waals surface area contributed by atoms with Crippen LogP contribution in [0.25, 0.3) is 11.8 Å². The van der Waals surface area contributed by atoms with Crippen LogP contribution in [0.5, 0.6) is 0 Å². The van der Waals surface area contributed by atoms with Gasteiger partial charge in [0.15, 0.2) is 0 Å². The van der Waals surface area contributed by atoms with Gasteiger partial charge in [-0.1, -0.05) is 18.2 Å². The van der Waals surface area contributed by atoms with Gasteiger partial charge in [0, 0.05) is 12.7 Å². The van der Waals surface area contributed by atoms with Gasteiger partial charge in [0.1, 0.15) is 12.1 Å². The Bertz CT molecular complexity index is 1110. The molecule has 0 aliphatic carbocycles. The summed E-state index contributed by atoms with van der Waals surface area (Å²) in [6.45, 7) is 6.40. The van der Waals surface area contributed by atoms with E-state index in [4.69, 9.17) is 4.74 Å². The van der Waals surface area contributed by atoms with Gasteiger partial charge in [-0.05, 0) is 57.7 Å². The summed E-state index contributed by atoms with van der Waals surface area (Å²) >= 11 is 0.698. The second-order valence-corrected chi connectivity index (χ2v) is 8.82. The van der Waals surface area contributed by atoms with E-state index in [1.165, 1.54) is 10.8 Å². The molecule has 2 aromatic rings. The average Bonchev–Trinajstić information content (AvgIpc) is 3.03. The molecule has 1 aromatic carbocycles. The van der Waals surface area contributed by atoms with Crippen molar-refractivity contribution in [3.05, 3.63) is 56.8 Å². The minimum atomic E-state index is -0.724. The van der Waals surface area contributed by atoms with Crippen molar-refractivity contribution >= 4 is 35.0 Å². The molecule has 158 valence electrons. The number of nitrogens with zero attached hydrogens (tertiary/aromatic N) is 3. The van der Waals surface area contributed by atoms with Gasteiger partial charge in [0.05, 0.1) is 16.2 Å². The maximum Gasteiger partial charge on any atom is 0.326 e. The molecule has 30 heavy (non-hydrogen) atoms. The molecule has 0 saturated carbocycles. The van der Waals surface area contributed by atoms with Crippen LogP contribution < -0.4 is 5.56 Å². The maximum atomic E-state index is 13.0. The number of esters is 1. The van der Waals surface area contributed by atoms with Gasteiger partial charge in [-0.15, -0.1) is 0 Å². The minimum Gasteiger partial charge on any atom is -0.459 e. The van der Waals surface area contributed by atoms with Crippen LogP contribution in [0, 0.1) is 6.92 Å². The Morgan fingerprint density at radius 2 is 1.77 bits per heavy atom. The third-order valence-electron chi connectivity index (χ3n) is 4.45. The number of hydrogen-bond donors (Lipinski definition) is 0. The third kappa shape index (κ3) is 4.25. The fourth-order valence-corrected chi connectivity index (χ4v) is 3.85. The molecule has 0 N–H and O–H groups in total. The molecule has 2 amide bonds. The summed E-state index contributed by atoms with van der Waals surface area (Å²) in [7, 11) is 1.75. The lowest BCUT2D eigenvalue weighted by molar-refractivity contribution is -0.156. The number of benzene rings is 1. The second-order valence-electron chi connectivity index (χ2n) is 7.83. The zero-order chi connectivity index (χ0) is 22.2. The van der Waals surface area contributed by atoms with Crippen LogP contribution in [-0.2, 0) is 21.4 Å². The first-order valence-corrected chi connectivity index (χ1v) is 10.1. The number of thioether (sulfide) groups is 1. The number of hydrogen-bond acceptors (Lipinski definition) is 6. The first kappa shape index (κ1) is 21.6. The van der Waals surface area contributed by atoms with E-state index in [2.05, 4.69) is 0 Å². The summed E-state index contributed by atoms with van der Waals surface area (Å²) in [5, 5.41) is -0.575. The summed E-state index contributed by atoms with van der Waals surface area (Å²) in [6, 6.07) is 9.11. The fraction of sp³-hybridized carbons (Fsp3) is 0.333. The molecule has 1 fully saturated rings. The SMILES string of the molecule is Cc1c(/C=C2\SC(=O)N(CC(=O)OC(C)(C)C)C2=O)c(=O)n(-c2ccccc2)n1C. The number of para-hydroxylation sites is 1. The molecule has 1 aliphatic heterocycles. The molecule has 0 unspecified atom stereocenters. The molecule has 8 nitrogen and oxygen atoms in total. The standard InChI is InChI=1S/C21H23N3O5S/c1-13-15(18(26)24(22(13)5)14-9-7-6-8-10-14)11-16-19(27)23(20(28)30-16)12-17(25)29-21(2,3)4/h6-11H,12H2,1-5H3/b16-11-. The van der Waals surface area contributed by atoms with Crippen LogP contribution in [0.3, 0.4) is 0 Å². The van der Waals surface area contributed by atoms with Crippen LogP contribution in [0.2, 0.25) is 0 Å². The van der Waals surface area contributed by atoms with Gasteiger partial charge in [-0.2, -0.15) is 0 Å². The highest BCUT2D eigenvalue weighted by Crippen LogP contribution is 2.32. The predicted molar refractivity (Wildman–Crippen MR) is 114 cm³/mol. The lowest BCUT2D eigenvalue weighted by Crippen LogP contribution is -2.37. The van der Waals surface area contributed by atoms with Gasteiger partial charge in [0.2, 0.25) is 0 Å². The van der Waals surface area contributed by atoms with Crippen LogP contribution in [0.1, 0.15) is 32.0 Å². The van der Waals surface area contributed by atoms with Gasteiger partial charge >= 0.3 is 5.97 Å². The molecule has 9 heteroatoms. The van der Waals surface area contributed by atoms with Crippen LogP contribution in [-0.4, -0.2) is 43.5 Å². The zero-order valence-corrected chi connectivity index (χ0v) is 18.3. The Morgan fingerprint density at radius 1 is 1.13 bits per heavy atom. The predicted octanol–water partition coefficient (Wildman–Crippen LogP) is 2.86. The topological polar surface area (TPSA) is 90.6 Å². The highest BCUT2D eigenvalue weighted by molar-refractivity contribution is 8.18. The summed E-state index contributed by atoms with van der Waals surface area (Å²) in [6.07, 6.45) is 1.41. The lowest BCUT2D eigenvalue weighted by Gasteiger charge is -2.21. The van der Waals surface area contributed by atoms with E-state index in [1.54, 1.807) is 51.6 Å². The lowest BCUT2D eigenvalue weighted by atomic mass is 10.2. The van der Waals surface area contributed by atoms with E-state index >= 15 is 0 Å². The van der Waals surface area contributed by atoms with Crippen molar-refractivity contribution in [3.63, 3.8) is 0 Å². The minimum absolute atomic E-state index is 0.0922. The van der Waals surface area contributed by atoms with E-state index < -0.39 is 29.3 Å². The molecule has 0 radical (unpaired) electrons. The number of aromatic nitrogens is 2. The van der Waals surface area contributed by atoms with Crippen molar-refractivity contribution in [2.45, 2.75) is 33.3 Å². The molecule has 0 spiro atoms. The molecule has 1 saturated heterocycles. The number of ether oxygens (including phenoxy) is 1. The molecule has 0 atom stereocenters. The summed E-state index contributed by atoms with van der Waals surface area (Å²) in [5.41, 5.74) is 0.608. The molecule has 2 heterocycles. The third-order valence-corrected chi connectivity index (χ3v) is 5.36. The van der Waals surface area contributed by atoms with E-state index in [-0.39, 0.29) is 10.5 Å². The zero-order valence-electron chi connectivity index (χ0n) is 17.5. The van der Waals surface area contributed by atoms with Crippen LogP contribution in [0.4, 0.5) is 4.79 Å². The van der Waals surface area contributed by atoms with Gasteiger partial charge in [-0.25, -0.2) is 4.68 Å². The van der Waals surface area contributed by atoms with E-state index in [0.29, 0.717) is 28.7 Å². The van der Waals surface area contributed by atoms with Crippen molar-refractivity contribution in [2.75, 3.05) is 6.54 Å². The Labute approximate surface area is 178 Å². The normalized spacial score (nSPS) is 15.9. The van der Waals surface area contributed by atoms with Gasteiger partial charge in [-0.3, -0.25) is 28.8 Å². The highest BCUT2D eigenvalue weighted by Gasteiger charge is 2.37. The summed E-state index contributed by atoms with van der Waals surface area (Å²) < 4.78 is 8.37. The summed E-state index contributed by atoms with van der Waals surface area (Å²) in [4.78, 5) is 50.9. The number of imide groups is 1. The largest absolute Gasteiger partial charge is 0.459 e.